The van der Waals surface area contributed by atoms with E-state index in [0.29, 0.717) is 38.6 Å². The smallest absolute Gasteiger partial charge is 0.258 e. The molecule has 4 fully saturated rings. The van der Waals surface area contributed by atoms with Gasteiger partial charge in [0.1, 0.15) is 17.4 Å². The van der Waals surface area contributed by atoms with Gasteiger partial charge in [0, 0.05) is 30.5 Å². The number of halogens is 4. The van der Waals surface area contributed by atoms with Crippen molar-refractivity contribution < 1.29 is 28.2 Å². The van der Waals surface area contributed by atoms with Gasteiger partial charge < -0.3 is 20.1 Å². The highest BCUT2D eigenvalue weighted by molar-refractivity contribution is 6.31. The van der Waals surface area contributed by atoms with Crippen molar-refractivity contribution in [3.8, 4) is 5.75 Å². The molecule has 0 aromatic heterocycles. The van der Waals surface area contributed by atoms with Crippen molar-refractivity contribution in [1.82, 2.24) is 10.2 Å². The van der Waals surface area contributed by atoms with Crippen LogP contribution < -0.4 is 10.1 Å². The molecule has 2 aromatic rings. The molecule has 36 heavy (non-hydrogen) atoms. The number of fused-ring (bicyclic) bond motifs is 3. The Kier molecular flexibility index (Phi) is 6.64. The van der Waals surface area contributed by atoms with E-state index in [4.69, 9.17) is 27.9 Å². The number of aliphatic hydroxyl groups excluding tert-OH is 1. The number of likely N-dealkylation sites (tertiary alicyclic amines) is 1. The highest BCUT2D eigenvalue weighted by atomic mass is 35.5. The van der Waals surface area contributed by atoms with Crippen molar-refractivity contribution in [2.24, 2.45) is 0 Å². The number of nitrogens with one attached hydrogen (secondary N) is 1. The average Bonchev–Trinajstić information content (AvgIpc) is 3.25. The Bertz CT molecular complexity index is 1200. The lowest BCUT2D eigenvalue weighted by molar-refractivity contribution is -0.151. The lowest BCUT2D eigenvalue weighted by Gasteiger charge is -2.59. The predicted molar refractivity (Wildman–Crippen MR) is 130 cm³/mol. The Morgan fingerprint density at radius 2 is 1.75 bits per heavy atom. The van der Waals surface area contributed by atoms with Crippen molar-refractivity contribution in [2.45, 2.75) is 61.6 Å². The van der Waals surface area contributed by atoms with E-state index >= 15 is 0 Å². The molecule has 1 unspecified atom stereocenters. The van der Waals surface area contributed by atoms with Crippen molar-refractivity contribution in [1.29, 1.82) is 0 Å². The largest absolute Gasteiger partial charge is 0.484 e. The standard InChI is InChI=1S/C26H26Cl2F2N2O4/c27-18-3-1-15(9-20(18)29)16-10-24(35)32(13-16)25-5-7-26(8-6-25,22(33)12-25)31-23(34)14-36-17-2-4-19(28)21(30)11-17/h1-4,9,11,16,22,33H,5-8,10,12-14H2,(H,31,34)/t16?,22-,25?,26?/m0/s1. The van der Waals surface area contributed by atoms with Gasteiger partial charge in [-0.3, -0.25) is 9.59 Å². The summed E-state index contributed by atoms with van der Waals surface area (Å²) < 4.78 is 33.0. The van der Waals surface area contributed by atoms with Crippen LogP contribution in [0, 0.1) is 11.6 Å². The molecule has 3 saturated carbocycles. The molecule has 192 valence electrons. The third-order valence-electron chi connectivity index (χ3n) is 8.05. The molecule has 10 heteroatoms. The van der Waals surface area contributed by atoms with E-state index in [0.717, 1.165) is 11.6 Å². The minimum Gasteiger partial charge on any atom is -0.484 e. The topological polar surface area (TPSA) is 78.9 Å². The molecule has 4 aliphatic rings. The Hall–Kier alpha value is -2.42. The maximum Gasteiger partial charge on any atom is 0.258 e. The number of amides is 2. The summed E-state index contributed by atoms with van der Waals surface area (Å²) in [6.45, 7) is 0.127. The fraction of sp³-hybridized carbons (Fsp3) is 0.462. The molecule has 6 nitrogen and oxygen atoms in total. The lowest BCUT2D eigenvalue weighted by Crippen LogP contribution is -2.70. The van der Waals surface area contributed by atoms with Crippen LogP contribution in [-0.4, -0.2) is 52.2 Å². The molecule has 2 bridgehead atoms. The second-order valence-electron chi connectivity index (χ2n) is 10.1. The summed E-state index contributed by atoms with van der Waals surface area (Å²) in [5, 5.41) is 14.0. The quantitative estimate of drug-likeness (QED) is 0.563. The SMILES string of the molecule is O=C(COc1ccc(Cl)c(F)c1)NC12CCC(N3CC(c4ccc(Cl)c(F)c4)CC3=O)(CC1)C[C@@H]2O. The molecular formula is C26H26Cl2F2N2O4. The maximum atomic E-state index is 14.0. The van der Waals surface area contributed by atoms with E-state index in [1.54, 1.807) is 6.07 Å². The number of nitrogens with zero attached hydrogens (tertiary/aromatic N) is 1. The first kappa shape index (κ1) is 25.2. The van der Waals surface area contributed by atoms with Crippen LogP contribution in [0.15, 0.2) is 36.4 Å². The van der Waals surface area contributed by atoms with Crippen LogP contribution in [0.5, 0.6) is 5.75 Å². The molecule has 2 aromatic carbocycles. The normalized spacial score (nSPS) is 29.5. The zero-order valence-electron chi connectivity index (χ0n) is 19.4. The lowest BCUT2D eigenvalue weighted by atomic mass is 9.59. The summed E-state index contributed by atoms with van der Waals surface area (Å²) in [6, 6.07) is 8.58. The third kappa shape index (κ3) is 4.55. The minimum absolute atomic E-state index is 0.00964. The van der Waals surface area contributed by atoms with Gasteiger partial charge >= 0.3 is 0 Å². The van der Waals surface area contributed by atoms with E-state index in [9.17, 15) is 23.5 Å². The van der Waals surface area contributed by atoms with E-state index in [-0.39, 0.29) is 40.6 Å². The van der Waals surface area contributed by atoms with Crippen molar-refractivity contribution in [2.75, 3.05) is 13.2 Å². The molecule has 0 spiro atoms. The molecule has 2 atom stereocenters. The van der Waals surface area contributed by atoms with Crippen LogP contribution in [-0.2, 0) is 9.59 Å². The van der Waals surface area contributed by atoms with Gasteiger partial charge in [0.15, 0.2) is 6.61 Å². The first-order valence-corrected chi connectivity index (χ1v) is 12.7. The number of carbonyl (C=O) groups is 2. The highest BCUT2D eigenvalue weighted by Crippen LogP contribution is 2.52. The van der Waals surface area contributed by atoms with Gasteiger partial charge in [0.2, 0.25) is 5.91 Å². The Labute approximate surface area is 217 Å². The number of hydrogen-bond acceptors (Lipinski definition) is 4. The molecule has 1 saturated heterocycles. The summed E-state index contributed by atoms with van der Waals surface area (Å²) in [6.07, 6.45) is 2.10. The van der Waals surface area contributed by atoms with Gasteiger partial charge in [-0.1, -0.05) is 29.3 Å². The average molecular weight is 539 g/mol. The van der Waals surface area contributed by atoms with Crippen molar-refractivity contribution in [3.63, 3.8) is 0 Å². The Morgan fingerprint density at radius 3 is 2.39 bits per heavy atom. The minimum atomic E-state index is -0.836. The highest BCUT2D eigenvalue weighted by Gasteiger charge is 2.58. The van der Waals surface area contributed by atoms with Gasteiger partial charge in [-0.25, -0.2) is 8.78 Å². The van der Waals surface area contributed by atoms with Gasteiger partial charge in [0.25, 0.3) is 5.91 Å². The van der Waals surface area contributed by atoms with Crippen LogP contribution >= 0.6 is 23.2 Å². The predicted octanol–water partition coefficient (Wildman–Crippen LogP) is 4.60. The number of ether oxygens (including phenoxy) is 1. The number of benzene rings is 2. The number of aliphatic hydroxyl groups is 1. The van der Waals surface area contributed by atoms with Gasteiger partial charge in [-0.15, -0.1) is 0 Å². The Morgan fingerprint density at radius 1 is 1.08 bits per heavy atom. The summed E-state index contributed by atoms with van der Waals surface area (Å²) in [7, 11) is 0. The second-order valence-corrected chi connectivity index (χ2v) is 10.9. The van der Waals surface area contributed by atoms with Gasteiger partial charge in [-0.2, -0.15) is 0 Å². The van der Waals surface area contributed by atoms with E-state index < -0.39 is 34.7 Å². The zero-order chi connectivity index (χ0) is 25.7. The molecule has 3 aliphatic carbocycles. The molecule has 2 amide bonds. The first-order valence-electron chi connectivity index (χ1n) is 11.9. The monoisotopic (exact) mass is 538 g/mol. The van der Waals surface area contributed by atoms with E-state index in [2.05, 4.69) is 5.32 Å². The maximum absolute atomic E-state index is 14.0. The summed E-state index contributed by atoms with van der Waals surface area (Å²) in [5.74, 6) is -1.53. The molecular weight excluding hydrogens is 513 g/mol. The van der Waals surface area contributed by atoms with Crippen molar-refractivity contribution >= 4 is 35.0 Å². The first-order chi connectivity index (χ1) is 17.1. The zero-order valence-corrected chi connectivity index (χ0v) is 20.9. The van der Waals surface area contributed by atoms with Gasteiger partial charge in [-0.05, 0) is 61.9 Å². The molecule has 0 radical (unpaired) electrons. The van der Waals surface area contributed by atoms with Crippen LogP contribution in [0.2, 0.25) is 10.0 Å². The van der Waals surface area contributed by atoms with Gasteiger partial charge in [0.05, 0.1) is 21.7 Å². The molecule has 1 heterocycles. The summed E-state index contributed by atoms with van der Waals surface area (Å²) in [4.78, 5) is 27.5. The van der Waals surface area contributed by atoms with Crippen LogP contribution in [0.3, 0.4) is 0 Å². The second kappa shape index (κ2) is 9.47. The number of hydrogen-bond donors (Lipinski definition) is 2. The van der Waals surface area contributed by atoms with E-state index in [1.807, 2.05) is 4.90 Å². The summed E-state index contributed by atoms with van der Waals surface area (Å²) >= 11 is 11.5. The van der Waals surface area contributed by atoms with Crippen molar-refractivity contribution in [3.05, 3.63) is 63.6 Å². The molecule has 6 rings (SSSR count). The van der Waals surface area contributed by atoms with Crippen LogP contribution in [0.4, 0.5) is 8.78 Å². The molecule has 1 aliphatic heterocycles. The van der Waals surface area contributed by atoms with Crippen LogP contribution in [0.25, 0.3) is 0 Å². The number of carbonyl (C=O) groups excluding carboxylic acids is 2. The fourth-order valence-electron chi connectivity index (χ4n) is 6.03. The van der Waals surface area contributed by atoms with Crippen LogP contribution in [0.1, 0.15) is 50.0 Å². The number of rotatable bonds is 6. The fourth-order valence-corrected chi connectivity index (χ4v) is 6.26. The van der Waals surface area contributed by atoms with E-state index in [1.165, 1.54) is 24.3 Å². The third-order valence-corrected chi connectivity index (χ3v) is 8.66. The Balaban J connectivity index is 1.22. The summed E-state index contributed by atoms with van der Waals surface area (Å²) in [5.41, 5.74) is -0.548. The molecule has 2 N–H and O–H groups in total.